The maximum Gasteiger partial charge on any atom is 0.351 e. The lowest BCUT2D eigenvalue weighted by Crippen LogP contribution is -2.18. The van der Waals surface area contributed by atoms with E-state index < -0.39 is 20.7 Å². The van der Waals surface area contributed by atoms with Crippen molar-refractivity contribution >= 4 is 15.8 Å². The number of hydrogen-bond donors (Lipinski definition) is 0. The van der Waals surface area contributed by atoms with Gasteiger partial charge in [0.1, 0.15) is 5.75 Å². The van der Waals surface area contributed by atoms with Crippen molar-refractivity contribution in [1.29, 1.82) is 0 Å². The van der Waals surface area contributed by atoms with Crippen LogP contribution in [0.5, 0.6) is 5.75 Å². The number of carbonyl (C=O) groups is 1. The summed E-state index contributed by atoms with van der Waals surface area (Å²) in [6.45, 7) is 0. The SMILES string of the molecule is COC(=O)C(=CN(C)C)S(=O)(=O)c1ccc(OC)cc1. The van der Waals surface area contributed by atoms with Crippen LogP contribution in [0.25, 0.3) is 0 Å². The fourth-order valence-corrected chi connectivity index (χ4v) is 2.85. The Kier molecular flexibility index (Phi) is 5.15. The molecule has 0 fully saturated rings. The summed E-state index contributed by atoms with van der Waals surface area (Å²) in [6, 6.07) is 5.77. The van der Waals surface area contributed by atoms with Crippen LogP contribution in [0.2, 0.25) is 0 Å². The molecular formula is C13H17NO5S. The Morgan fingerprint density at radius 2 is 1.70 bits per heavy atom. The van der Waals surface area contributed by atoms with Crippen molar-refractivity contribution in [3.05, 3.63) is 35.4 Å². The molecule has 20 heavy (non-hydrogen) atoms. The molecule has 0 N–H and O–H groups in total. The quantitative estimate of drug-likeness (QED) is 0.597. The van der Waals surface area contributed by atoms with E-state index in [1.54, 1.807) is 14.1 Å². The van der Waals surface area contributed by atoms with Gasteiger partial charge in [-0.15, -0.1) is 0 Å². The first-order chi connectivity index (χ1) is 9.32. The lowest BCUT2D eigenvalue weighted by molar-refractivity contribution is -0.135. The highest BCUT2D eigenvalue weighted by Gasteiger charge is 2.28. The molecule has 0 unspecified atom stereocenters. The third-order valence-electron chi connectivity index (χ3n) is 2.42. The third kappa shape index (κ3) is 3.51. The van der Waals surface area contributed by atoms with Gasteiger partial charge in [0.25, 0.3) is 0 Å². The Morgan fingerprint density at radius 1 is 1.15 bits per heavy atom. The number of nitrogens with zero attached hydrogens (tertiary/aromatic N) is 1. The highest BCUT2D eigenvalue weighted by molar-refractivity contribution is 7.96. The highest BCUT2D eigenvalue weighted by atomic mass is 32.2. The minimum Gasteiger partial charge on any atom is -0.497 e. The van der Waals surface area contributed by atoms with Crippen molar-refractivity contribution in [3.63, 3.8) is 0 Å². The summed E-state index contributed by atoms with van der Waals surface area (Å²) >= 11 is 0. The number of carbonyl (C=O) groups excluding carboxylic acids is 1. The molecule has 7 heteroatoms. The fourth-order valence-electron chi connectivity index (χ4n) is 1.45. The van der Waals surface area contributed by atoms with Gasteiger partial charge in [0.2, 0.25) is 9.84 Å². The van der Waals surface area contributed by atoms with E-state index in [1.165, 1.54) is 42.5 Å². The summed E-state index contributed by atoms with van der Waals surface area (Å²) < 4.78 is 34.4. The Morgan fingerprint density at radius 3 is 2.10 bits per heavy atom. The number of esters is 1. The standard InChI is InChI=1S/C13H17NO5S/c1-14(2)9-12(13(15)19-4)20(16,17)11-7-5-10(18-3)6-8-11/h5-9H,1-4H3. The molecule has 6 nitrogen and oxygen atoms in total. The Hall–Kier alpha value is -2.02. The second-order valence-corrected chi connectivity index (χ2v) is 6.05. The van der Waals surface area contributed by atoms with Gasteiger partial charge < -0.3 is 14.4 Å². The monoisotopic (exact) mass is 299 g/mol. The van der Waals surface area contributed by atoms with E-state index in [1.807, 2.05) is 0 Å². The average molecular weight is 299 g/mol. The maximum absolute atomic E-state index is 12.4. The summed E-state index contributed by atoms with van der Waals surface area (Å²) in [6.07, 6.45) is 1.21. The molecule has 0 heterocycles. The van der Waals surface area contributed by atoms with Crippen LogP contribution in [0.3, 0.4) is 0 Å². The highest BCUT2D eigenvalue weighted by Crippen LogP contribution is 2.23. The molecule has 0 bridgehead atoms. The van der Waals surface area contributed by atoms with Crippen molar-refractivity contribution in [1.82, 2.24) is 4.90 Å². The van der Waals surface area contributed by atoms with Gasteiger partial charge in [0.05, 0.1) is 19.1 Å². The molecule has 0 aliphatic carbocycles. The van der Waals surface area contributed by atoms with Gasteiger partial charge in [-0.1, -0.05) is 0 Å². The van der Waals surface area contributed by atoms with Gasteiger partial charge in [-0.3, -0.25) is 0 Å². The van der Waals surface area contributed by atoms with Gasteiger partial charge in [0, 0.05) is 20.3 Å². The fraction of sp³-hybridized carbons (Fsp3) is 0.308. The molecule has 0 saturated carbocycles. The van der Waals surface area contributed by atoms with E-state index in [4.69, 9.17) is 4.74 Å². The van der Waals surface area contributed by atoms with E-state index in [0.29, 0.717) is 5.75 Å². The number of benzene rings is 1. The zero-order chi connectivity index (χ0) is 15.3. The molecule has 0 amide bonds. The van der Waals surface area contributed by atoms with Crippen LogP contribution in [0.4, 0.5) is 0 Å². The van der Waals surface area contributed by atoms with Crippen LogP contribution in [-0.2, 0) is 19.4 Å². The van der Waals surface area contributed by atoms with Crippen LogP contribution in [0.1, 0.15) is 0 Å². The molecule has 0 aliphatic heterocycles. The van der Waals surface area contributed by atoms with Gasteiger partial charge in [-0.2, -0.15) is 0 Å². The van der Waals surface area contributed by atoms with Crippen molar-refractivity contribution in [3.8, 4) is 5.75 Å². The first kappa shape index (κ1) is 16.0. The molecule has 1 aromatic rings. The molecule has 0 spiro atoms. The second kappa shape index (κ2) is 6.42. The summed E-state index contributed by atoms with van der Waals surface area (Å²) in [7, 11) is 1.91. The Labute approximate surface area is 118 Å². The van der Waals surface area contributed by atoms with Crippen molar-refractivity contribution in [2.75, 3.05) is 28.3 Å². The van der Waals surface area contributed by atoms with Gasteiger partial charge in [-0.25, -0.2) is 13.2 Å². The van der Waals surface area contributed by atoms with Gasteiger partial charge >= 0.3 is 5.97 Å². The minimum absolute atomic E-state index is 0.00296. The van der Waals surface area contributed by atoms with Gasteiger partial charge in [-0.05, 0) is 24.3 Å². The van der Waals surface area contributed by atoms with Crippen LogP contribution in [0, 0.1) is 0 Å². The largest absolute Gasteiger partial charge is 0.497 e. The molecule has 0 aromatic heterocycles. The topological polar surface area (TPSA) is 72.9 Å². The van der Waals surface area contributed by atoms with Crippen LogP contribution < -0.4 is 4.74 Å². The smallest absolute Gasteiger partial charge is 0.351 e. The molecule has 0 atom stereocenters. The Balaban J connectivity index is 3.32. The number of sulfone groups is 1. The second-order valence-electron chi connectivity index (χ2n) is 4.13. The van der Waals surface area contributed by atoms with Crippen molar-refractivity contribution < 1.29 is 22.7 Å². The van der Waals surface area contributed by atoms with E-state index >= 15 is 0 Å². The number of ether oxygens (including phenoxy) is 2. The van der Waals surface area contributed by atoms with E-state index in [0.717, 1.165) is 7.11 Å². The molecule has 1 aromatic carbocycles. The number of hydrogen-bond acceptors (Lipinski definition) is 6. The van der Waals surface area contributed by atoms with Crippen LogP contribution in [0.15, 0.2) is 40.3 Å². The molecule has 0 saturated heterocycles. The van der Waals surface area contributed by atoms with Gasteiger partial charge in [0.15, 0.2) is 4.91 Å². The average Bonchev–Trinajstić information content (AvgIpc) is 2.43. The zero-order valence-corrected chi connectivity index (χ0v) is 12.6. The van der Waals surface area contributed by atoms with Crippen LogP contribution >= 0.6 is 0 Å². The number of methoxy groups -OCH3 is 2. The summed E-state index contributed by atoms with van der Waals surface area (Å²) in [5.41, 5.74) is 0. The predicted molar refractivity (Wildman–Crippen MR) is 74.0 cm³/mol. The van der Waals surface area contributed by atoms with Crippen molar-refractivity contribution in [2.45, 2.75) is 4.90 Å². The zero-order valence-electron chi connectivity index (χ0n) is 11.8. The van der Waals surface area contributed by atoms with Crippen LogP contribution in [-0.4, -0.2) is 47.6 Å². The van der Waals surface area contributed by atoms with E-state index in [2.05, 4.69) is 4.74 Å². The molecule has 0 aliphatic rings. The summed E-state index contributed by atoms with van der Waals surface area (Å²) in [5, 5.41) is 0. The summed E-state index contributed by atoms with van der Waals surface area (Å²) in [5.74, 6) is -0.380. The molecular weight excluding hydrogens is 282 g/mol. The maximum atomic E-state index is 12.4. The molecule has 1 rings (SSSR count). The lowest BCUT2D eigenvalue weighted by Gasteiger charge is -2.11. The Bertz CT molecular complexity index is 602. The summed E-state index contributed by atoms with van der Waals surface area (Å²) in [4.78, 5) is 12.7. The van der Waals surface area contributed by atoms with Crippen molar-refractivity contribution in [2.24, 2.45) is 0 Å². The number of rotatable bonds is 5. The third-order valence-corrected chi connectivity index (χ3v) is 4.17. The first-order valence-electron chi connectivity index (χ1n) is 5.68. The first-order valence-corrected chi connectivity index (χ1v) is 7.17. The van der Waals surface area contributed by atoms with E-state index in [-0.39, 0.29) is 4.90 Å². The van der Waals surface area contributed by atoms with E-state index in [9.17, 15) is 13.2 Å². The predicted octanol–water partition coefficient (Wildman–Crippen LogP) is 1.04. The lowest BCUT2D eigenvalue weighted by atomic mass is 10.3. The minimum atomic E-state index is -3.94. The molecule has 0 radical (unpaired) electrons. The molecule has 110 valence electrons. The normalized spacial score (nSPS) is 11.9.